The first-order valence-corrected chi connectivity index (χ1v) is 8.43. The van der Waals surface area contributed by atoms with Crippen molar-refractivity contribution in [2.45, 2.75) is 26.9 Å². The van der Waals surface area contributed by atoms with Crippen molar-refractivity contribution in [2.75, 3.05) is 0 Å². The Morgan fingerprint density at radius 2 is 2.19 bits per heavy atom. The van der Waals surface area contributed by atoms with E-state index in [2.05, 4.69) is 15.0 Å². The smallest absolute Gasteiger partial charge is 0.226 e. The van der Waals surface area contributed by atoms with E-state index in [1.807, 2.05) is 26.1 Å². The van der Waals surface area contributed by atoms with Crippen LogP contribution in [0.25, 0.3) is 11.0 Å². The summed E-state index contributed by atoms with van der Waals surface area (Å²) in [5.74, 6) is 0.187. The summed E-state index contributed by atoms with van der Waals surface area (Å²) in [4.78, 5) is 23.2. The molecular formula is C20H20FN3O2. The van der Waals surface area contributed by atoms with Crippen molar-refractivity contribution in [1.82, 2.24) is 15.0 Å². The van der Waals surface area contributed by atoms with Crippen LogP contribution in [-0.2, 0) is 17.8 Å². The zero-order chi connectivity index (χ0) is 18.5. The Morgan fingerprint density at radius 1 is 1.35 bits per heavy atom. The van der Waals surface area contributed by atoms with Crippen LogP contribution in [0.4, 0.5) is 4.39 Å². The van der Waals surface area contributed by atoms with Gasteiger partial charge in [-0.25, -0.2) is 14.4 Å². The van der Waals surface area contributed by atoms with E-state index in [1.165, 1.54) is 18.5 Å². The lowest BCUT2D eigenvalue weighted by Crippen LogP contribution is -2.02. The van der Waals surface area contributed by atoms with Gasteiger partial charge in [-0.3, -0.25) is 4.79 Å². The minimum atomic E-state index is -0.304. The minimum Gasteiger partial charge on any atom is -0.472 e. The molecule has 6 heteroatoms. The maximum atomic E-state index is 13.3. The summed E-state index contributed by atoms with van der Waals surface area (Å²) >= 11 is 0. The van der Waals surface area contributed by atoms with E-state index in [0.717, 1.165) is 16.5 Å². The number of ketones is 1. The second kappa shape index (κ2) is 7.91. The van der Waals surface area contributed by atoms with Crippen molar-refractivity contribution in [3.05, 3.63) is 65.9 Å². The standard InChI is InChI=1S/C20H20FN3O2/c1-13(2)17(25)8-4-6-15-10-22-19-18(15)20(24-12-23-19)26-11-14-5-3-7-16(21)9-14/h3-5,7-10,12-13H,6,11H2,1-2H3,(H,22,23,24). The summed E-state index contributed by atoms with van der Waals surface area (Å²) in [6.45, 7) is 3.94. The summed E-state index contributed by atoms with van der Waals surface area (Å²) < 4.78 is 19.1. The summed E-state index contributed by atoms with van der Waals surface area (Å²) in [7, 11) is 0. The fraction of sp³-hybridized carbons (Fsp3) is 0.250. The number of carbonyl (C=O) groups is 1. The number of H-pyrrole nitrogens is 1. The van der Waals surface area contributed by atoms with Gasteiger partial charge in [0.05, 0.1) is 5.39 Å². The SMILES string of the molecule is CC(C)C(=O)C=CCc1c[nH]c2ncnc(OCc3cccc(F)c3)c12. The summed E-state index contributed by atoms with van der Waals surface area (Å²) in [5, 5.41) is 0.769. The van der Waals surface area contributed by atoms with Crippen LogP contribution in [-0.4, -0.2) is 20.7 Å². The molecule has 26 heavy (non-hydrogen) atoms. The highest BCUT2D eigenvalue weighted by Crippen LogP contribution is 2.26. The summed E-state index contributed by atoms with van der Waals surface area (Å²) in [5.41, 5.74) is 2.31. The number of aromatic amines is 1. The number of fused-ring (bicyclic) bond motifs is 1. The number of rotatable bonds is 7. The molecule has 2 aromatic heterocycles. The third-order valence-corrected chi connectivity index (χ3v) is 3.97. The molecule has 0 aliphatic carbocycles. The van der Waals surface area contributed by atoms with Gasteiger partial charge in [0.1, 0.15) is 24.4 Å². The van der Waals surface area contributed by atoms with Gasteiger partial charge in [-0.15, -0.1) is 0 Å². The van der Waals surface area contributed by atoms with Crippen LogP contribution in [0, 0.1) is 11.7 Å². The third-order valence-electron chi connectivity index (χ3n) is 3.97. The Kier molecular flexibility index (Phi) is 5.41. The number of benzene rings is 1. The number of aromatic nitrogens is 3. The average Bonchev–Trinajstić information content (AvgIpc) is 3.03. The van der Waals surface area contributed by atoms with Crippen molar-refractivity contribution in [3.63, 3.8) is 0 Å². The fourth-order valence-electron chi connectivity index (χ4n) is 2.54. The number of nitrogens with zero attached hydrogens (tertiary/aromatic N) is 2. The van der Waals surface area contributed by atoms with E-state index in [9.17, 15) is 9.18 Å². The number of nitrogens with one attached hydrogen (secondary N) is 1. The van der Waals surface area contributed by atoms with Gasteiger partial charge in [-0.2, -0.15) is 0 Å². The van der Waals surface area contributed by atoms with Crippen molar-refractivity contribution in [1.29, 1.82) is 0 Å². The van der Waals surface area contributed by atoms with Gasteiger partial charge in [-0.05, 0) is 35.8 Å². The number of ether oxygens (including phenoxy) is 1. The molecule has 0 amide bonds. The number of hydrogen-bond donors (Lipinski definition) is 1. The highest BCUT2D eigenvalue weighted by Gasteiger charge is 2.12. The molecule has 0 atom stereocenters. The summed E-state index contributed by atoms with van der Waals surface area (Å²) in [6, 6.07) is 6.25. The van der Waals surface area contributed by atoms with Gasteiger partial charge in [-0.1, -0.05) is 32.1 Å². The predicted octanol–water partition coefficient (Wildman–Crippen LogP) is 4.00. The van der Waals surface area contributed by atoms with Crippen molar-refractivity contribution in [3.8, 4) is 5.88 Å². The number of halogens is 1. The predicted molar refractivity (Wildman–Crippen MR) is 97.3 cm³/mol. The lowest BCUT2D eigenvalue weighted by atomic mass is 10.1. The molecule has 134 valence electrons. The average molecular weight is 353 g/mol. The first kappa shape index (κ1) is 17.8. The molecule has 3 rings (SSSR count). The topological polar surface area (TPSA) is 67.9 Å². The molecule has 2 heterocycles. The van der Waals surface area contributed by atoms with E-state index >= 15 is 0 Å². The molecule has 1 aromatic carbocycles. The van der Waals surface area contributed by atoms with Crippen molar-refractivity contribution in [2.24, 2.45) is 5.92 Å². The van der Waals surface area contributed by atoms with Gasteiger partial charge in [0.15, 0.2) is 5.78 Å². The first-order valence-electron chi connectivity index (χ1n) is 8.43. The van der Waals surface area contributed by atoms with Crippen molar-refractivity contribution < 1.29 is 13.9 Å². The molecule has 0 saturated heterocycles. The molecule has 0 bridgehead atoms. The zero-order valence-electron chi connectivity index (χ0n) is 14.7. The van der Waals surface area contributed by atoms with Gasteiger partial charge >= 0.3 is 0 Å². The zero-order valence-corrected chi connectivity index (χ0v) is 14.7. The third kappa shape index (κ3) is 4.14. The van der Waals surface area contributed by atoms with Crippen LogP contribution in [0.3, 0.4) is 0 Å². The molecule has 0 spiro atoms. The highest BCUT2D eigenvalue weighted by atomic mass is 19.1. The largest absolute Gasteiger partial charge is 0.472 e. The van der Waals surface area contributed by atoms with E-state index in [-0.39, 0.29) is 24.1 Å². The molecule has 5 nitrogen and oxygen atoms in total. The lowest BCUT2D eigenvalue weighted by Gasteiger charge is -2.07. The van der Waals surface area contributed by atoms with Crippen LogP contribution in [0.15, 0.2) is 48.9 Å². The number of hydrogen-bond acceptors (Lipinski definition) is 4. The van der Waals surface area contributed by atoms with Gasteiger partial charge in [0, 0.05) is 12.1 Å². The van der Waals surface area contributed by atoms with Gasteiger partial charge in [0.25, 0.3) is 0 Å². The van der Waals surface area contributed by atoms with Crippen LogP contribution in [0.5, 0.6) is 5.88 Å². The Balaban J connectivity index is 1.80. The Labute approximate surface area is 150 Å². The highest BCUT2D eigenvalue weighted by molar-refractivity contribution is 5.91. The second-order valence-electron chi connectivity index (χ2n) is 6.30. The van der Waals surface area contributed by atoms with Crippen molar-refractivity contribution >= 4 is 16.8 Å². The Morgan fingerprint density at radius 3 is 2.96 bits per heavy atom. The van der Waals surface area contributed by atoms with Crippen LogP contribution in [0.2, 0.25) is 0 Å². The fourth-order valence-corrected chi connectivity index (χ4v) is 2.54. The molecule has 0 unspecified atom stereocenters. The molecule has 0 aliphatic heterocycles. The number of allylic oxidation sites excluding steroid dienone is 2. The second-order valence-corrected chi connectivity index (χ2v) is 6.30. The maximum Gasteiger partial charge on any atom is 0.226 e. The minimum absolute atomic E-state index is 0.0253. The van der Waals surface area contributed by atoms with Crippen LogP contribution < -0.4 is 4.74 Å². The molecule has 3 aromatic rings. The van der Waals surface area contributed by atoms with Crippen LogP contribution >= 0.6 is 0 Å². The molecule has 0 saturated carbocycles. The first-order chi connectivity index (χ1) is 12.5. The van der Waals surface area contributed by atoms with E-state index in [0.29, 0.717) is 17.9 Å². The lowest BCUT2D eigenvalue weighted by molar-refractivity contribution is -0.117. The molecule has 1 N–H and O–H groups in total. The Bertz CT molecular complexity index is 947. The molecule has 0 radical (unpaired) electrons. The van der Waals surface area contributed by atoms with Gasteiger partial charge in [0.2, 0.25) is 5.88 Å². The van der Waals surface area contributed by atoms with E-state index in [1.54, 1.807) is 18.2 Å². The Hall–Kier alpha value is -3.02. The summed E-state index contributed by atoms with van der Waals surface area (Å²) in [6.07, 6.45) is 7.23. The molecular weight excluding hydrogens is 333 g/mol. The normalized spacial score (nSPS) is 11.5. The quantitative estimate of drug-likeness (QED) is 0.652. The maximum absolute atomic E-state index is 13.3. The monoisotopic (exact) mass is 353 g/mol. The van der Waals surface area contributed by atoms with E-state index in [4.69, 9.17) is 4.74 Å². The molecule has 0 aliphatic rings. The molecule has 0 fully saturated rings. The van der Waals surface area contributed by atoms with Crippen LogP contribution in [0.1, 0.15) is 25.0 Å². The number of carbonyl (C=O) groups excluding carboxylic acids is 1. The van der Waals surface area contributed by atoms with E-state index < -0.39 is 0 Å². The van der Waals surface area contributed by atoms with Gasteiger partial charge < -0.3 is 9.72 Å².